The van der Waals surface area contributed by atoms with Gasteiger partial charge in [0.1, 0.15) is 0 Å². The molecular formula is C26H30O4. The van der Waals surface area contributed by atoms with Crippen LogP contribution in [-0.4, -0.2) is 25.2 Å². The number of esters is 2. The van der Waals surface area contributed by atoms with Gasteiger partial charge in [-0.3, -0.25) is 9.59 Å². The lowest BCUT2D eigenvalue weighted by Crippen LogP contribution is -2.48. The third kappa shape index (κ3) is 3.53. The van der Waals surface area contributed by atoms with Gasteiger partial charge in [-0.2, -0.15) is 0 Å². The van der Waals surface area contributed by atoms with Crippen LogP contribution in [0.5, 0.6) is 0 Å². The molecule has 158 valence electrons. The fraction of sp³-hybridized carbons (Fsp3) is 0.462. The Morgan fingerprint density at radius 3 is 1.23 bits per heavy atom. The Morgan fingerprint density at radius 2 is 0.967 bits per heavy atom. The third-order valence-electron chi connectivity index (χ3n) is 6.10. The van der Waals surface area contributed by atoms with E-state index in [4.69, 9.17) is 9.47 Å². The molecule has 0 N–H and O–H groups in total. The average molecular weight is 407 g/mol. The molecule has 0 aromatic heterocycles. The van der Waals surface area contributed by atoms with Gasteiger partial charge in [0.05, 0.1) is 25.0 Å². The van der Waals surface area contributed by atoms with Crippen LogP contribution in [0.1, 0.15) is 61.8 Å². The molecule has 0 heterocycles. The molecule has 30 heavy (non-hydrogen) atoms. The van der Waals surface area contributed by atoms with Crippen molar-refractivity contribution in [3.8, 4) is 0 Å². The monoisotopic (exact) mass is 406 g/mol. The third-order valence-corrected chi connectivity index (χ3v) is 6.10. The van der Waals surface area contributed by atoms with Crippen LogP contribution in [0.15, 0.2) is 48.5 Å². The first-order valence-corrected chi connectivity index (χ1v) is 10.9. The standard InChI is InChI=1S/C26H30O4/c1-15(2)13-29-25(27)23-21-17-9-5-7-11-19(17)22(20-12-8-6-10-18(20)21)24(23)26(28)30-14-16(3)4/h5-12,15-16,21-24H,13-14H2,1-4H3/t21?,22?,23-,24-/m0/s1. The highest BCUT2D eigenvalue weighted by Gasteiger charge is 2.56. The first-order chi connectivity index (χ1) is 14.4. The quantitative estimate of drug-likeness (QED) is 0.640. The van der Waals surface area contributed by atoms with Gasteiger partial charge in [0, 0.05) is 11.8 Å². The maximum absolute atomic E-state index is 13.3. The summed E-state index contributed by atoms with van der Waals surface area (Å²) in [5.41, 5.74) is 4.50. The van der Waals surface area contributed by atoms with E-state index in [1.807, 2.05) is 52.0 Å². The summed E-state index contributed by atoms with van der Waals surface area (Å²) in [5, 5.41) is 0. The van der Waals surface area contributed by atoms with Gasteiger partial charge in [-0.15, -0.1) is 0 Å². The highest BCUT2D eigenvalue weighted by molar-refractivity contribution is 5.88. The number of carbonyl (C=O) groups is 2. The van der Waals surface area contributed by atoms with Crippen molar-refractivity contribution in [2.45, 2.75) is 39.5 Å². The van der Waals surface area contributed by atoms with E-state index >= 15 is 0 Å². The first kappa shape index (κ1) is 20.6. The van der Waals surface area contributed by atoms with E-state index in [1.165, 1.54) is 0 Å². The van der Waals surface area contributed by atoms with Crippen LogP contribution in [-0.2, 0) is 19.1 Å². The summed E-state index contributed by atoms with van der Waals surface area (Å²) in [6.07, 6.45) is 0. The van der Waals surface area contributed by atoms with E-state index in [9.17, 15) is 9.59 Å². The lowest BCUT2D eigenvalue weighted by Gasteiger charge is -2.48. The summed E-state index contributed by atoms with van der Waals surface area (Å²) in [5.74, 6) is -1.65. The lowest BCUT2D eigenvalue weighted by atomic mass is 9.54. The Morgan fingerprint density at radius 1 is 0.667 bits per heavy atom. The minimum Gasteiger partial charge on any atom is -0.465 e. The summed E-state index contributed by atoms with van der Waals surface area (Å²) in [6.45, 7) is 8.75. The van der Waals surface area contributed by atoms with Crippen molar-refractivity contribution in [1.29, 1.82) is 0 Å². The van der Waals surface area contributed by atoms with Gasteiger partial charge in [-0.1, -0.05) is 76.2 Å². The molecule has 0 spiro atoms. The zero-order valence-corrected chi connectivity index (χ0v) is 18.1. The molecule has 0 aliphatic heterocycles. The van der Waals surface area contributed by atoms with Crippen molar-refractivity contribution < 1.29 is 19.1 Å². The molecule has 3 aliphatic rings. The maximum atomic E-state index is 13.3. The van der Waals surface area contributed by atoms with E-state index in [0.717, 1.165) is 22.3 Å². The van der Waals surface area contributed by atoms with Crippen molar-refractivity contribution in [2.75, 3.05) is 13.2 Å². The van der Waals surface area contributed by atoms with Crippen molar-refractivity contribution in [1.82, 2.24) is 0 Å². The zero-order valence-electron chi connectivity index (χ0n) is 18.1. The predicted molar refractivity (Wildman–Crippen MR) is 115 cm³/mol. The van der Waals surface area contributed by atoms with Crippen LogP contribution in [0, 0.1) is 23.7 Å². The van der Waals surface area contributed by atoms with E-state index in [-0.39, 0.29) is 35.6 Å². The normalized spacial score (nSPS) is 23.8. The van der Waals surface area contributed by atoms with E-state index in [0.29, 0.717) is 13.2 Å². The highest BCUT2D eigenvalue weighted by atomic mass is 16.5. The smallest absolute Gasteiger partial charge is 0.310 e. The Hall–Kier alpha value is -2.62. The molecule has 0 radical (unpaired) electrons. The van der Waals surface area contributed by atoms with Gasteiger partial charge in [0.2, 0.25) is 0 Å². The van der Waals surface area contributed by atoms with Gasteiger partial charge in [-0.25, -0.2) is 0 Å². The Balaban J connectivity index is 1.82. The topological polar surface area (TPSA) is 52.6 Å². The van der Waals surface area contributed by atoms with Crippen LogP contribution >= 0.6 is 0 Å². The second-order valence-corrected chi connectivity index (χ2v) is 9.31. The van der Waals surface area contributed by atoms with Gasteiger partial charge in [0.15, 0.2) is 0 Å². The molecule has 0 saturated heterocycles. The van der Waals surface area contributed by atoms with Crippen LogP contribution in [0.2, 0.25) is 0 Å². The fourth-order valence-electron chi connectivity index (χ4n) is 4.93. The maximum Gasteiger partial charge on any atom is 0.310 e. The number of fused-ring (bicyclic) bond motifs is 1. The summed E-state index contributed by atoms with van der Waals surface area (Å²) < 4.78 is 11.4. The predicted octanol–water partition coefficient (Wildman–Crippen LogP) is 4.91. The van der Waals surface area contributed by atoms with Crippen molar-refractivity contribution >= 4 is 11.9 Å². The second kappa shape index (κ2) is 8.25. The number of hydrogen-bond acceptors (Lipinski definition) is 4. The Labute approximate surface area is 178 Å². The van der Waals surface area contributed by atoms with E-state index in [1.54, 1.807) is 0 Å². The first-order valence-electron chi connectivity index (χ1n) is 10.9. The number of hydrogen-bond donors (Lipinski definition) is 0. The van der Waals surface area contributed by atoms with Gasteiger partial charge < -0.3 is 9.47 Å². The number of ether oxygens (including phenoxy) is 2. The summed E-state index contributed by atoms with van der Waals surface area (Å²) in [6, 6.07) is 16.4. The van der Waals surface area contributed by atoms with Crippen LogP contribution in [0.3, 0.4) is 0 Å². The molecule has 2 aromatic rings. The highest BCUT2D eigenvalue weighted by Crippen LogP contribution is 2.58. The average Bonchev–Trinajstić information content (AvgIpc) is 2.75. The molecule has 3 aliphatic carbocycles. The number of benzene rings is 2. The van der Waals surface area contributed by atoms with Gasteiger partial charge >= 0.3 is 11.9 Å². The lowest BCUT2D eigenvalue weighted by molar-refractivity contribution is -0.164. The number of rotatable bonds is 6. The molecule has 2 bridgehead atoms. The molecule has 4 nitrogen and oxygen atoms in total. The number of carbonyl (C=O) groups excluding carboxylic acids is 2. The summed E-state index contributed by atoms with van der Waals surface area (Å²) in [7, 11) is 0. The Kier molecular flexibility index (Phi) is 5.68. The Bertz CT molecular complexity index is 822. The fourth-order valence-corrected chi connectivity index (χ4v) is 4.93. The van der Waals surface area contributed by atoms with Gasteiger partial charge in [0.25, 0.3) is 0 Å². The molecule has 0 fully saturated rings. The molecule has 0 unspecified atom stereocenters. The van der Waals surface area contributed by atoms with Crippen LogP contribution < -0.4 is 0 Å². The van der Waals surface area contributed by atoms with E-state index < -0.39 is 11.8 Å². The van der Waals surface area contributed by atoms with Crippen molar-refractivity contribution in [2.24, 2.45) is 23.7 Å². The van der Waals surface area contributed by atoms with Crippen LogP contribution in [0.4, 0.5) is 0 Å². The molecule has 2 aromatic carbocycles. The van der Waals surface area contributed by atoms with Gasteiger partial charge in [-0.05, 0) is 34.1 Å². The van der Waals surface area contributed by atoms with Crippen molar-refractivity contribution in [3.05, 3.63) is 70.8 Å². The minimum atomic E-state index is -0.571. The summed E-state index contributed by atoms with van der Waals surface area (Å²) >= 11 is 0. The minimum absolute atomic E-state index is 0.196. The van der Waals surface area contributed by atoms with E-state index in [2.05, 4.69) is 24.3 Å². The van der Waals surface area contributed by atoms with Crippen LogP contribution in [0.25, 0.3) is 0 Å². The molecule has 4 heteroatoms. The van der Waals surface area contributed by atoms with Crippen molar-refractivity contribution in [3.63, 3.8) is 0 Å². The second-order valence-electron chi connectivity index (χ2n) is 9.31. The zero-order chi connectivity index (χ0) is 21.4. The molecule has 0 amide bonds. The molecule has 5 rings (SSSR count). The SMILES string of the molecule is CC(C)COC(=O)[C@H]1C2c3ccccc3C(c3ccccc32)[C@@H]1C(=O)OCC(C)C. The largest absolute Gasteiger partial charge is 0.465 e. The summed E-state index contributed by atoms with van der Waals surface area (Å²) in [4.78, 5) is 26.7. The molecular weight excluding hydrogens is 376 g/mol. The molecule has 2 atom stereocenters. The molecule has 0 saturated carbocycles.